The van der Waals surface area contributed by atoms with Gasteiger partial charge in [-0.05, 0) is 34.8 Å². The van der Waals surface area contributed by atoms with Crippen LogP contribution in [0, 0.1) is 5.92 Å². The zero-order chi connectivity index (χ0) is 12.5. The number of pyridine rings is 1. The molecule has 1 amide bonds. The van der Waals surface area contributed by atoms with Gasteiger partial charge in [-0.3, -0.25) is 9.78 Å². The smallest absolute Gasteiger partial charge is 0.225 e. The molecule has 0 radical (unpaired) electrons. The Hall–Kier alpha value is -1.10. The van der Waals surface area contributed by atoms with Gasteiger partial charge in [-0.25, -0.2) is 0 Å². The van der Waals surface area contributed by atoms with E-state index in [1.807, 2.05) is 23.4 Å². The van der Waals surface area contributed by atoms with E-state index in [1.165, 1.54) is 5.69 Å². The molecular formula is C13H16BrN3O. The molecule has 0 bridgehead atoms. The van der Waals surface area contributed by atoms with E-state index < -0.39 is 0 Å². The van der Waals surface area contributed by atoms with Gasteiger partial charge in [0.25, 0.3) is 0 Å². The van der Waals surface area contributed by atoms with Crippen molar-refractivity contribution in [3.8, 4) is 0 Å². The maximum atomic E-state index is 12.0. The van der Waals surface area contributed by atoms with Crippen molar-refractivity contribution >= 4 is 27.5 Å². The molecule has 0 aromatic carbocycles. The minimum absolute atomic E-state index is 0.337. The van der Waals surface area contributed by atoms with E-state index in [2.05, 4.69) is 25.8 Å². The summed E-state index contributed by atoms with van der Waals surface area (Å²) in [4.78, 5) is 20.4. The Morgan fingerprint density at radius 1 is 1.28 bits per heavy atom. The second-order valence-corrected chi connectivity index (χ2v) is 5.77. The average molecular weight is 310 g/mol. The van der Waals surface area contributed by atoms with Crippen molar-refractivity contribution in [2.24, 2.45) is 5.92 Å². The van der Waals surface area contributed by atoms with Crippen molar-refractivity contribution in [2.45, 2.75) is 12.8 Å². The highest BCUT2D eigenvalue weighted by Crippen LogP contribution is 2.32. The van der Waals surface area contributed by atoms with Gasteiger partial charge in [0.05, 0.1) is 10.2 Å². The molecule has 2 heterocycles. The molecule has 1 aromatic rings. The topological polar surface area (TPSA) is 36.4 Å². The summed E-state index contributed by atoms with van der Waals surface area (Å²) in [5.41, 5.74) is 1.17. The van der Waals surface area contributed by atoms with E-state index in [9.17, 15) is 4.79 Å². The van der Waals surface area contributed by atoms with Crippen LogP contribution in [0.25, 0.3) is 0 Å². The summed E-state index contributed by atoms with van der Waals surface area (Å²) in [6.07, 6.45) is 5.81. The SMILES string of the molecule is O=C(C1CC1)N1CCN(c2ccncc2Br)CC1. The Kier molecular flexibility index (Phi) is 3.24. The molecule has 5 heteroatoms. The third-order valence-corrected chi connectivity index (χ3v) is 4.22. The Morgan fingerprint density at radius 2 is 2.00 bits per heavy atom. The van der Waals surface area contributed by atoms with Crippen molar-refractivity contribution in [2.75, 3.05) is 31.1 Å². The predicted octanol–water partition coefficient (Wildman–Crippen LogP) is 1.90. The second kappa shape index (κ2) is 4.88. The first-order valence-corrected chi connectivity index (χ1v) is 7.18. The fraction of sp³-hybridized carbons (Fsp3) is 0.538. The molecule has 4 nitrogen and oxygen atoms in total. The van der Waals surface area contributed by atoms with Crippen molar-refractivity contribution in [1.82, 2.24) is 9.88 Å². The minimum atomic E-state index is 0.337. The Morgan fingerprint density at radius 3 is 2.61 bits per heavy atom. The summed E-state index contributed by atoms with van der Waals surface area (Å²) in [6, 6.07) is 2.02. The van der Waals surface area contributed by atoms with Crippen LogP contribution in [0.3, 0.4) is 0 Å². The Labute approximate surface area is 115 Å². The quantitative estimate of drug-likeness (QED) is 0.837. The number of nitrogens with zero attached hydrogens (tertiary/aromatic N) is 3. The Balaban J connectivity index is 1.63. The highest BCUT2D eigenvalue weighted by Gasteiger charge is 2.34. The highest BCUT2D eigenvalue weighted by atomic mass is 79.9. The van der Waals surface area contributed by atoms with Gasteiger partial charge in [0.2, 0.25) is 5.91 Å². The van der Waals surface area contributed by atoms with E-state index in [0.717, 1.165) is 43.5 Å². The van der Waals surface area contributed by atoms with Gasteiger partial charge in [-0.2, -0.15) is 0 Å². The summed E-state index contributed by atoms with van der Waals surface area (Å²) < 4.78 is 1.02. The van der Waals surface area contributed by atoms with Crippen LogP contribution in [0.4, 0.5) is 5.69 Å². The predicted molar refractivity (Wildman–Crippen MR) is 73.5 cm³/mol. The zero-order valence-electron chi connectivity index (χ0n) is 10.2. The number of hydrogen-bond donors (Lipinski definition) is 0. The number of hydrogen-bond acceptors (Lipinski definition) is 3. The molecule has 1 aromatic heterocycles. The van der Waals surface area contributed by atoms with Gasteiger partial charge < -0.3 is 9.80 Å². The fourth-order valence-electron chi connectivity index (χ4n) is 2.38. The molecule has 0 unspecified atom stereocenters. The zero-order valence-corrected chi connectivity index (χ0v) is 11.8. The van der Waals surface area contributed by atoms with Crippen molar-refractivity contribution in [3.05, 3.63) is 22.9 Å². The van der Waals surface area contributed by atoms with Gasteiger partial charge in [0, 0.05) is 44.5 Å². The molecule has 18 heavy (non-hydrogen) atoms. The van der Waals surface area contributed by atoms with Gasteiger partial charge in [0.1, 0.15) is 0 Å². The average Bonchev–Trinajstić information content (AvgIpc) is 3.23. The summed E-state index contributed by atoms with van der Waals surface area (Å²) in [5, 5.41) is 0. The number of carbonyl (C=O) groups is 1. The lowest BCUT2D eigenvalue weighted by atomic mass is 10.2. The molecule has 0 spiro atoms. The second-order valence-electron chi connectivity index (χ2n) is 4.91. The highest BCUT2D eigenvalue weighted by molar-refractivity contribution is 9.10. The molecule has 0 N–H and O–H groups in total. The van der Waals surface area contributed by atoms with E-state index in [-0.39, 0.29) is 0 Å². The molecule has 2 aliphatic rings. The van der Waals surface area contributed by atoms with Crippen LogP contribution in [0.5, 0.6) is 0 Å². The lowest BCUT2D eigenvalue weighted by Gasteiger charge is -2.36. The first-order chi connectivity index (χ1) is 8.75. The number of aromatic nitrogens is 1. The molecule has 1 aliphatic heterocycles. The molecule has 3 rings (SSSR count). The number of halogens is 1. The molecule has 0 atom stereocenters. The standard InChI is InChI=1S/C13H16BrN3O/c14-11-9-15-4-3-12(11)16-5-7-17(8-6-16)13(18)10-1-2-10/h3-4,9-10H,1-2,5-8H2. The molecular weight excluding hydrogens is 294 g/mol. The van der Waals surface area contributed by atoms with E-state index in [0.29, 0.717) is 11.8 Å². The van der Waals surface area contributed by atoms with E-state index >= 15 is 0 Å². The van der Waals surface area contributed by atoms with Gasteiger partial charge in [0.15, 0.2) is 0 Å². The first-order valence-electron chi connectivity index (χ1n) is 6.39. The number of carbonyl (C=O) groups excluding carboxylic acids is 1. The number of anilines is 1. The molecule has 2 fully saturated rings. The van der Waals surface area contributed by atoms with Crippen LogP contribution < -0.4 is 4.90 Å². The fourth-order valence-corrected chi connectivity index (χ4v) is 2.88. The van der Waals surface area contributed by atoms with Gasteiger partial charge in [-0.15, -0.1) is 0 Å². The van der Waals surface area contributed by atoms with Crippen molar-refractivity contribution in [3.63, 3.8) is 0 Å². The lowest BCUT2D eigenvalue weighted by molar-refractivity contribution is -0.132. The summed E-state index contributed by atoms with van der Waals surface area (Å²) in [7, 11) is 0. The van der Waals surface area contributed by atoms with Crippen molar-refractivity contribution < 1.29 is 4.79 Å². The van der Waals surface area contributed by atoms with Crippen LogP contribution >= 0.6 is 15.9 Å². The van der Waals surface area contributed by atoms with Crippen LogP contribution in [0.15, 0.2) is 22.9 Å². The lowest BCUT2D eigenvalue weighted by Crippen LogP contribution is -2.49. The van der Waals surface area contributed by atoms with Crippen LogP contribution in [-0.4, -0.2) is 42.0 Å². The summed E-state index contributed by atoms with van der Waals surface area (Å²) >= 11 is 3.52. The number of amides is 1. The molecule has 1 saturated heterocycles. The van der Waals surface area contributed by atoms with E-state index in [4.69, 9.17) is 0 Å². The maximum Gasteiger partial charge on any atom is 0.225 e. The summed E-state index contributed by atoms with van der Waals surface area (Å²) in [6.45, 7) is 3.48. The normalized spacial score (nSPS) is 20.1. The molecule has 1 saturated carbocycles. The molecule has 1 aliphatic carbocycles. The number of piperazine rings is 1. The number of rotatable bonds is 2. The third kappa shape index (κ3) is 2.36. The van der Waals surface area contributed by atoms with E-state index in [1.54, 1.807) is 0 Å². The van der Waals surface area contributed by atoms with Crippen LogP contribution in [0.2, 0.25) is 0 Å². The molecule has 96 valence electrons. The van der Waals surface area contributed by atoms with Gasteiger partial charge >= 0.3 is 0 Å². The largest absolute Gasteiger partial charge is 0.367 e. The minimum Gasteiger partial charge on any atom is -0.367 e. The van der Waals surface area contributed by atoms with Crippen LogP contribution in [0.1, 0.15) is 12.8 Å². The van der Waals surface area contributed by atoms with Crippen LogP contribution in [-0.2, 0) is 4.79 Å². The maximum absolute atomic E-state index is 12.0. The third-order valence-electron chi connectivity index (χ3n) is 3.61. The van der Waals surface area contributed by atoms with Gasteiger partial charge in [-0.1, -0.05) is 0 Å². The Bertz CT molecular complexity index is 453. The summed E-state index contributed by atoms with van der Waals surface area (Å²) in [5.74, 6) is 0.702. The van der Waals surface area contributed by atoms with Crippen molar-refractivity contribution in [1.29, 1.82) is 0 Å². The monoisotopic (exact) mass is 309 g/mol. The first kappa shape index (κ1) is 12.0.